The van der Waals surface area contributed by atoms with Gasteiger partial charge in [-0.15, -0.1) is 0 Å². The molecule has 1 unspecified atom stereocenters. The minimum absolute atomic E-state index is 0.0119. The average Bonchev–Trinajstić information content (AvgIpc) is 2.72. The first kappa shape index (κ1) is 18.2. The largest absolute Gasteiger partial charge is 0.467 e. The third-order valence-corrected chi connectivity index (χ3v) is 5.08. The van der Waals surface area contributed by atoms with Crippen LogP contribution < -0.4 is 0 Å². The van der Waals surface area contributed by atoms with E-state index in [0.717, 1.165) is 24.0 Å². The van der Waals surface area contributed by atoms with Crippen LogP contribution in [0.25, 0.3) is 0 Å². The molecule has 1 aliphatic heterocycles. The monoisotopic (exact) mass is 351 g/mol. The van der Waals surface area contributed by atoms with E-state index in [2.05, 4.69) is 24.3 Å². The number of piperidine rings is 1. The Labute approximate surface area is 154 Å². The number of hydrogen-bond donors (Lipinski definition) is 0. The van der Waals surface area contributed by atoms with Crippen molar-refractivity contribution in [2.24, 2.45) is 0 Å². The summed E-state index contributed by atoms with van der Waals surface area (Å²) in [6.07, 6.45) is 2.91. The third-order valence-electron chi connectivity index (χ3n) is 5.08. The second-order valence-electron chi connectivity index (χ2n) is 6.70. The minimum atomic E-state index is -0.451. The Morgan fingerprint density at radius 2 is 1.58 bits per heavy atom. The molecular weight excluding hydrogens is 326 g/mol. The van der Waals surface area contributed by atoms with E-state index in [4.69, 9.17) is 4.74 Å². The fourth-order valence-electron chi connectivity index (χ4n) is 3.70. The summed E-state index contributed by atoms with van der Waals surface area (Å²) in [5.41, 5.74) is 2.22. The Morgan fingerprint density at radius 1 is 1.00 bits per heavy atom. The molecule has 1 amide bonds. The van der Waals surface area contributed by atoms with Crippen LogP contribution in [-0.4, -0.2) is 36.5 Å². The van der Waals surface area contributed by atoms with E-state index >= 15 is 0 Å². The van der Waals surface area contributed by atoms with Crippen molar-refractivity contribution in [3.05, 3.63) is 71.8 Å². The fourth-order valence-corrected chi connectivity index (χ4v) is 3.70. The summed E-state index contributed by atoms with van der Waals surface area (Å²) in [7, 11) is 1.39. The predicted molar refractivity (Wildman–Crippen MR) is 101 cm³/mol. The van der Waals surface area contributed by atoms with Gasteiger partial charge in [0.05, 0.1) is 7.11 Å². The molecule has 0 N–H and O–H groups in total. The predicted octanol–water partition coefficient (Wildman–Crippen LogP) is 3.76. The lowest BCUT2D eigenvalue weighted by atomic mass is 9.87. The van der Waals surface area contributed by atoms with Crippen molar-refractivity contribution in [3.8, 4) is 0 Å². The SMILES string of the molecule is COC(=O)C1CCCCN1C(=O)CC(c1ccccc1)c1ccccc1. The lowest BCUT2D eigenvalue weighted by molar-refractivity contribution is -0.154. The Balaban J connectivity index is 1.84. The van der Waals surface area contributed by atoms with Crippen LogP contribution in [0.5, 0.6) is 0 Å². The lowest BCUT2D eigenvalue weighted by Crippen LogP contribution is -2.48. The summed E-state index contributed by atoms with van der Waals surface area (Å²) in [5.74, 6) is -0.322. The molecule has 0 aromatic heterocycles. The van der Waals surface area contributed by atoms with Gasteiger partial charge in [-0.1, -0.05) is 60.7 Å². The molecule has 2 aromatic rings. The van der Waals surface area contributed by atoms with E-state index in [9.17, 15) is 9.59 Å². The topological polar surface area (TPSA) is 46.6 Å². The highest BCUT2D eigenvalue weighted by molar-refractivity contribution is 5.85. The first-order chi connectivity index (χ1) is 12.7. The molecule has 3 rings (SSSR count). The number of ether oxygens (including phenoxy) is 1. The average molecular weight is 351 g/mol. The van der Waals surface area contributed by atoms with E-state index in [0.29, 0.717) is 19.4 Å². The number of methoxy groups -OCH3 is 1. The number of likely N-dealkylation sites (tertiary alicyclic amines) is 1. The summed E-state index contributed by atoms with van der Waals surface area (Å²) < 4.78 is 4.91. The maximum absolute atomic E-state index is 13.1. The summed E-state index contributed by atoms with van der Waals surface area (Å²) >= 11 is 0. The maximum atomic E-state index is 13.1. The first-order valence-corrected chi connectivity index (χ1v) is 9.18. The summed E-state index contributed by atoms with van der Waals surface area (Å²) in [5, 5.41) is 0. The van der Waals surface area contributed by atoms with E-state index in [1.54, 1.807) is 4.90 Å². The Bertz CT molecular complexity index is 690. The number of nitrogens with zero attached hydrogens (tertiary/aromatic N) is 1. The standard InChI is InChI=1S/C22H25NO3/c1-26-22(25)20-14-8-9-15-23(20)21(24)16-19(17-10-4-2-5-11-17)18-12-6-3-7-13-18/h2-7,10-13,19-20H,8-9,14-16H2,1H3. The molecule has 1 saturated heterocycles. The second kappa shape index (κ2) is 8.65. The molecule has 4 nitrogen and oxygen atoms in total. The van der Waals surface area contributed by atoms with Crippen LogP contribution in [0.4, 0.5) is 0 Å². The van der Waals surface area contributed by atoms with Crippen LogP contribution in [0.15, 0.2) is 60.7 Å². The van der Waals surface area contributed by atoms with Gasteiger partial charge in [0.2, 0.25) is 5.91 Å². The van der Waals surface area contributed by atoms with Gasteiger partial charge in [0.1, 0.15) is 6.04 Å². The van der Waals surface area contributed by atoms with Gasteiger partial charge in [-0.2, -0.15) is 0 Å². The molecule has 136 valence electrons. The van der Waals surface area contributed by atoms with Crippen molar-refractivity contribution in [1.29, 1.82) is 0 Å². The van der Waals surface area contributed by atoms with Gasteiger partial charge in [-0.25, -0.2) is 4.79 Å². The van der Waals surface area contributed by atoms with Crippen molar-refractivity contribution in [1.82, 2.24) is 4.90 Å². The highest BCUT2D eigenvalue weighted by atomic mass is 16.5. The highest BCUT2D eigenvalue weighted by Gasteiger charge is 2.34. The molecule has 2 aromatic carbocycles. The number of rotatable bonds is 5. The van der Waals surface area contributed by atoms with Crippen LogP contribution in [0, 0.1) is 0 Å². The Hall–Kier alpha value is -2.62. The zero-order valence-electron chi connectivity index (χ0n) is 15.1. The van der Waals surface area contributed by atoms with Gasteiger partial charge in [0.15, 0.2) is 0 Å². The van der Waals surface area contributed by atoms with Crippen molar-refractivity contribution in [2.75, 3.05) is 13.7 Å². The van der Waals surface area contributed by atoms with Gasteiger partial charge in [0.25, 0.3) is 0 Å². The fraction of sp³-hybridized carbons (Fsp3) is 0.364. The number of hydrogen-bond acceptors (Lipinski definition) is 3. The molecule has 1 aliphatic rings. The normalized spacial score (nSPS) is 17.2. The molecule has 0 aliphatic carbocycles. The number of esters is 1. The van der Waals surface area contributed by atoms with E-state index in [-0.39, 0.29) is 17.8 Å². The quantitative estimate of drug-likeness (QED) is 0.771. The zero-order chi connectivity index (χ0) is 18.4. The molecule has 0 spiro atoms. The van der Waals surface area contributed by atoms with Crippen LogP contribution in [-0.2, 0) is 14.3 Å². The lowest BCUT2D eigenvalue weighted by Gasteiger charge is -2.34. The molecule has 0 saturated carbocycles. The number of benzene rings is 2. The zero-order valence-corrected chi connectivity index (χ0v) is 15.1. The Morgan fingerprint density at radius 3 is 2.12 bits per heavy atom. The van der Waals surface area contributed by atoms with Crippen LogP contribution in [0.1, 0.15) is 42.7 Å². The smallest absolute Gasteiger partial charge is 0.328 e. The number of amides is 1. The number of carbonyl (C=O) groups excluding carboxylic acids is 2. The number of carbonyl (C=O) groups is 2. The van der Waals surface area contributed by atoms with Crippen molar-refractivity contribution < 1.29 is 14.3 Å². The van der Waals surface area contributed by atoms with Gasteiger partial charge < -0.3 is 9.64 Å². The van der Waals surface area contributed by atoms with Gasteiger partial charge >= 0.3 is 5.97 Å². The third kappa shape index (κ3) is 4.13. The molecule has 1 heterocycles. The van der Waals surface area contributed by atoms with Crippen LogP contribution in [0.2, 0.25) is 0 Å². The molecule has 0 bridgehead atoms. The molecule has 26 heavy (non-hydrogen) atoms. The second-order valence-corrected chi connectivity index (χ2v) is 6.70. The maximum Gasteiger partial charge on any atom is 0.328 e. The molecule has 4 heteroatoms. The summed E-state index contributed by atoms with van der Waals surface area (Å²) in [4.78, 5) is 26.9. The van der Waals surface area contributed by atoms with Gasteiger partial charge in [-0.05, 0) is 30.4 Å². The molecule has 1 atom stereocenters. The van der Waals surface area contributed by atoms with Gasteiger partial charge in [0, 0.05) is 18.9 Å². The summed E-state index contributed by atoms with van der Waals surface area (Å²) in [6.45, 7) is 0.620. The van der Waals surface area contributed by atoms with Gasteiger partial charge in [-0.3, -0.25) is 4.79 Å². The Kier molecular flexibility index (Phi) is 6.05. The van der Waals surface area contributed by atoms with Crippen LogP contribution in [0.3, 0.4) is 0 Å². The molecular formula is C22H25NO3. The van der Waals surface area contributed by atoms with E-state index in [1.807, 2.05) is 36.4 Å². The van der Waals surface area contributed by atoms with E-state index < -0.39 is 6.04 Å². The highest BCUT2D eigenvalue weighted by Crippen LogP contribution is 2.30. The van der Waals surface area contributed by atoms with Crippen molar-refractivity contribution in [2.45, 2.75) is 37.6 Å². The van der Waals surface area contributed by atoms with Crippen molar-refractivity contribution in [3.63, 3.8) is 0 Å². The summed E-state index contributed by atoms with van der Waals surface area (Å²) in [6, 6.07) is 19.7. The van der Waals surface area contributed by atoms with Crippen LogP contribution >= 0.6 is 0 Å². The first-order valence-electron chi connectivity index (χ1n) is 9.18. The molecule has 1 fully saturated rings. The molecule has 0 radical (unpaired) electrons. The van der Waals surface area contributed by atoms with Crippen molar-refractivity contribution >= 4 is 11.9 Å². The minimum Gasteiger partial charge on any atom is -0.467 e. The van der Waals surface area contributed by atoms with E-state index in [1.165, 1.54) is 7.11 Å².